The number of nitrogens with one attached hydrogen (secondary N) is 2. The van der Waals surface area contributed by atoms with Crippen molar-refractivity contribution in [3.63, 3.8) is 0 Å². The first-order chi connectivity index (χ1) is 11.1. The van der Waals surface area contributed by atoms with Crippen LogP contribution in [0.15, 0.2) is 24.3 Å². The number of carbonyl (C=O) groups excluding carboxylic acids is 1. The standard InChI is InChI=1S/C15H18N4O2S2/c1-3-9-21-11-7-5-10(6-8-11)13(20)16-14(22)17-15-19-18-12(4-2)23-15/h5-8H,3-4,9H2,1-2H3,(H2,16,17,19,20,22). The molecule has 0 aliphatic rings. The third-order valence-corrected chi connectivity index (χ3v) is 3.99. The Balaban J connectivity index is 1.88. The van der Waals surface area contributed by atoms with E-state index in [4.69, 9.17) is 17.0 Å². The normalized spacial score (nSPS) is 10.2. The highest BCUT2D eigenvalue weighted by Crippen LogP contribution is 2.15. The number of aryl methyl sites for hydroxylation is 1. The molecule has 0 radical (unpaired) electrons. The summed E-state index contributed by atoms with van der Waals surface area (Å²) in [6.07, 6.45) is 1.75. The smallest absolute Gasteiger partial charge is 0.257 e. The maximum absolute atomic E-state index is 12.1. The lowest BCUT2D eigenvalue weighted by Gasteiger charge is -2.08. The molecule has 1 amide bonds. The highest BCUT2D eigenvalue weighted by molar-refractivity contribution is 7.80. The predicted octanol–water partition coefficient (Wildman–Crippen LogP) is 3.02. The summed E-state index contributed by atoms with van der Waals surface area (Å²) in [4.78, 5) is 12.1. The topological polar surface area (TPSA) is 76.1 Å². The molecule has 2 aromatic rings. The van der Waals surface area contributed by atoms with Gasteiger partial charge in [0.25, 0.3) is 5.91 Å². The average Bonchev–Trinajstić information content (AvgIpc) is 3.00. The van der Waals surface area contributed by atoms with Gasteiger partial charge in [0.05, 0.1) is 6.61 Å². The van der Waals surface area contributed by atoms with Gasteiger partial charge in [0.15, 0.2) is 5.11 Å². The van der Waals surface area contributed by atoms with Crippen molar-refractivity contribution in [2.75, 3.05) is 11.9 Å². The van der Waals surface area contributed by atoms with E-state index in [-0.39, 0.29) is 11.0 Å². The minimum absolute atomic E-state index is 0.195. The van der Waals surface area contributed by atoms with Crippen LogP contribution in [0.2, 0.25) is 0 Å². The van der Waals surface area contributed by atoms with Crippen LogP contribution >= 0.6 is 23.6 Å². The van der Waals surface area contributed by atoms with E-state index in [0.29, 0.717) is 17.3 Å². The van der Waals surface area contributed by atoms with Gasteiger partial charge in [0.2, 0.25) is 5.13 Å². The minimum atomic E-state index is -0.287. The molecule has 0 fully saturated rings. The lowest BCUT2D eigenvalue weighted by Crippen LogP contribution is -2.34. The fraction of sp³-hybridized carbons (Fsp3) is 0.333. The maximum atomic E-state index is 12.1. The van der Waals surface area contributed by atoms with Gasteiger partial charge in [0, 0.05) is 5.56 Å². The summed E-state index contributed by atoms with van der Waals surface area (Å²) in [6, 6.07) is 6.92. The summed E-state index contributed by atoms with van der Waals surface area (Å²) in [7, 11) is 0. The molecule has 0 saturated carbocycles. The molecule has 1 heterocycles. The number of hydrogen-bond acceptors (Lipinski definition) is 6. The first-order valence-electron chi connectivity index (χ1n) is 7.30. The van der Waals surface area contributed by atoms with E-state index in [2.05, 4.69) is 20.8 Å². The van der Waals surface area contributed by atoms with Gasteiger partial charge < -0.3 is 10.1 Å². The van der Waals surface area contributed by atoms with E-state index >= 15 is 0 Å². The van der Waals surface area contributed by atoms with Crippen molar-refractivity contribution in [2.24, 2.45) is 0 Å². The van der Waals surface area contributed by atoms with Gasteiger partial charge >= 0.3 is 0 Å². The van der Waals surface area contributed by atoms with Crippen LogP contribution in [-0.2, 0) is 6.42 Å². The van der Waals surface area contributed by atoms with Crippen LogP contribution < -0.4 is 15.4 Å². The largest absolute Gasteiger partial charge is 0.494 e. The fourth-order valence-electron chi connectivity index (χ4n) is 1.67. The number of anilines is 1. The van der Waals surface area contributed by atoms with E-state index in [1.165, 1.54) is 11.3 Å². The highest BCUT2D eigenvalue weighted by Gasteiger charge is 2.10. The van der Waals surface area contributed by atoms with Crippen molar-refractivity contribution < 1.29 is 9.53 Å². The van der Waals surface area contributed by atoms with Crippen molar-refractivity contribution >= 4 is 39.7 Å². The molecule has 1 aromatic heterocycles. The molecule has 2 rings (SSSR count). The van der Waals surface area contributed by atoms with E-state index in [0.717, 1.165) is 23.6 Å². The van der Waals surface area contributed by atoms with Crippen molar-refractivity contribution in [3.05, 3.63) is 34.8 Å². The van der Waals surface area contributed by atoms with Crippen LogP contribution in [-0.4, -0.2) is 27.8 Å². The van der Waals surface area contributed by atoms with Crippen LogP contribution in [0.3, 0.4) is 0 Å². The first kappa shape index (κ1) is 17.3. The van der Waals surface area contributed by atoms with E-state index < -0.39 is 0 Å². The van der Waals surface area contributed by atoms with Gasteiger partial charge in [-0.05, 0) is 49.3 Å². The zero-order valence-electron chi connectivity index (χ0n) is 13.0. The Morgan fingerprint density at radius 1 is 1.26 bits per heavy atom. The van der Waals surface area contributed by atoms with Crippen molar-refractivity contribution in [2.45, 2.75) is 26.7 Å². The summed E-state index contributed by atoms with van der Waals surface area (Å²) in [5.41, 5.74) is 0.504. The van der Waals surface area contributed by atoms with E-state index in [1.54, 1.807) is 24.3 Å². The Morgan fingerprint density at radius 3 is 2.61 bits per heavy atom. The summed E-state index contributed by atoms with van der Waals surface area (Å²) >= 11 is 6.52. The van der Waals surface area contributed by atoms with Gasteiger partial charge in [-0.3, -0.25) is 10.1 Å². The van der Waals surface area contributed by atoms with Crippen LogP contribution in [0.5, 0.6) is 5.75 Å². The summed E-state index contributed by atoms with van der Waals surface area (Å²) in [5, 5.41) is 15.1. The molecule has 1 aromatic carbocycles. The number of hydrogen-bond donors (Lipinski definition) is 2. The zero-order valence-corrected chi connectivity index (χ0v) is 14.6. The Labute approximate surface area is 144 Å². The second kappa shape index (κ2) is 8.54. The molecule has 0 saturated heterocycles. The Hall–Kier alpha value is -2.06. The quantitative estimate of drug-likeness (QED) is 0.780. The molecule has 0 spiro atoms. The summed E-state index contributed by atoms with van der Waals surface area (Å²) in [6.45, 7) is 4.69. The van der Waals surface area contributed by atoms with Crippen molar-refractivity contribution in [1.29, 1.82) is 0 Å². The van der Waals surface area contributed by atoms with Crippen LogP contribution in [0.1, 0.15) is 35.6 Å². The van der Waals surface area contributed by atoms with Gasteiger partial charge in [-0.1, -0.05) is 25.2 Å². The molecule has 0 bridgehead atoms. The number of nitrogens with zero attached hydrogens (tertiary/aromatic N) is 2. The molecule has 0 aliphatic heterocycles. The molecule has 23 heavy (non-hydrogen) atoms. The van der Waals surface area contributed by atoms with Crippen molar-refractivity contribution in [1.82, 2.24) is 15.5 Å². The van der Waals surface area contributed by atoms with Gasteiger partial charge in [-0.25, -0.2) is 0 Å². The van der Waals surface area contributed by atoms with Crippen molar-refractivity contribution in [3.8, 4) is 5.75 Å². The second-order valence-electron chi connectivity index (χ2n) is 4.64. The Bertz CT molecular complexity index is 670. The highest BCUT2D eigenvalue weighted by atomic mass is 32.1. The zero-order chi connectivity index (χ0) is 16.7. The number of thiocarbonyl (C=S) groups is 1. The molecule has 2 N–H and O–H groups in total. The van der Waals surface area contributed by atoms with E-state index in [1.807, 2.05) is 13.8 Å². The number of aromatic nitrogens is 2. The Morgan fingerprint density at radius 2 is 2.00 bits per heavy atom. The lowest BCUT2D eigenvalue weighted by molar-refractivity contribution is 0.0977. The molecule has 0 aliphatic carbocycles. The maximum Gasteiger partial charge on any atom is 0.257 e. The molecular weight excluding hydrogens is 332 g/mol. The SMILES string of the molecule is CCCOc1ccc(C(=O)NC(=S)Nc2nnc(CC)s2)cc1. The van der Waals surface area contributed by atoms with Gasteiger partial charge in [-0.2, -0.15) is 0 Å². The van der Waals surface area contributed by atoms with Gasteiger partial charge in [0.1, 0.15) is 10.8 Å². The Kier molecular flexibility index (Phi) is 6.42. The van der Waals surface area contributed by atoms with Crippen LogP contribution in [0.25, 0.3) is 0 Å². The molecule has 8 heteroatoms. The molecule has 0 atom stereocenters. The van der Waals surface area contributed by atoms with Crippen LogP contribution in [0, 0.1) is 0 Å². The predicted molar refractivity (Wildman–Crippen MR) is 95.2 cm³/mol. The number of amides is 1. The second-order valence-corrected chi connectivity index (χ2v) is 6.11. The summed E-state index contributed by atoms with van der Waals surface area (Å²) < 4.78 is 5.48. The number of ether oxygens (including phenoxy) is 1. The molecule has 122 valence electrons. The molecule has 6 nitrogen and oxygen atoms in total. The minimum Gasteiger partial charge on any atom is -0.494 e. The third-order valence-electron chi connectivity index (χ3n) is 2.81. The molecular formula is C15H18N4O2S2. The average molecular weight is 350 g/mol. The lowest BCUT2D eigenvalue weighted by atomic mass is 10.2. The fourth-order valence-corrected chi connectivity index (χ4v) is 2.61. The monoisotopic (exact) mass is 350 g/mol. The first-order valence-corrected chi connectivity index (χ1v) is 8.52. The number of rotatable bonds is 6. The van der Waals surface area contributed by atoms with E-state index in [9.17, 15) is 4.79 Å². The molecule has 0 unspecified atom stereocenters. The van der Waals surface area contributed by atoms with Crippen LogP contribution in [0.4, 0.5) is 5.13 Å². The number of carbonyl (C=O) groups is 1. The van der Waals surface area contributed by atoms with Gasteiger partial charge in [-0.15, -0.1) is 10.2 Å². The number of benzene rings is 1. The summed E-state index contributed by atoms with van der Waals surface area (Å²) in [5.74, 6) is 0.454. The third kappa shape index (κ3) is 5.26.